The van der Waals surface area contributed by atoms with Crippen molar-refractivity contribution in [3.63, 3.8) is 0 Å². The van der Waals surface area contributed by atoms with Crippen LogP contribution in [-0.2, 0) is 26.2 Å². The van der Waals surface area contributed by atoms with Gasteiger partial charge >= 0.3 is 0 Å². The van der Waals surface area contributed by atoms with Crippen molar-refractivity contribution in [2.75, 3.05) is 17.4 Å². The fraction of sp³-hybridized carbons (Fsp3) is 0.333. The molecule has 0 spiro atoms. The van der Waals surface area contributed by atoms with Gasteiger partial charge in [-0.15, -0.1) is 0 Å². The van der Waals surface area contributed by atoms with Gasteiger partial charge in [0.25, 0.3) is 10.0 Å². The van der Waals surface area contributed by atoms with Crippen LogP contribution in [0.1, 0.15) is 44.2 Å². The molecule has 1 N–H and O–H groups in total. The third kappa shape index (κ3) is 8.16. The summed E-state index contributed by atoms with van der Waals surface area (Å²) in [7, 11) is -4.09. The van der Waals surface area contributed by atoms with Gasteiger partial charge in [-0.1, -0.05) is 90.3 Å². The van der Waals surface area contributed by atoms with Crippen molar-refractivity contribution in [1.82, 2.24) is 10.2 Å². The molecule has 1 atom stereocenters. The SMILES string of the molecule is CCCCNC(=O)[C@H](CC)N(Cc1ccccc1)C(=O)CN(c1cccc(Br)c1)S(=O)(=O)c1ccc(C)cc1. The van der Waals surface area contributed by atoms with E-state index < -0.39 is 28.5 Å². The topological polar surface area (TPSA) is 86.8 Å². The summed E-state index contributed by atoms with van der Waals surface area (Å²) in [5.74, 6) is -0.711. The first-order valence-electron chi connectivity index (χ1n) is 13.1. The number of benzene rings is 3. The van der Waals surface area contributed by atoms with E-state index in [2.05, 4.69) is 21.2 Å². The Morgan fingerprint density at radius 2 is 1.64 bits per heavy atom. The number of carbonyl (C=O) groups is 2. The van der Waals surface area contributed by atoms with E-state index in [9.17, 15) is 18.0 Å². The quantitative estimate of drug-likeness (QED) is 0.251. The van der Waals surface area contributed by atoms with Crippen LogP contribution in [0.15, 0.2) is 88.2 Å². The number of sulfonamides is 1. The number of carbonyl (C=O) groups excluding carboxylic acids is 2. The van der Waals surface area contributed by atoms with Crippen LogP contribution in [0, 0.1) is 6.92 Å². The zero-order valence-corrected chi connectivity index (χ0v) is 25.0. The highest BCUT2D eigenvalue weighted by molar-refractivity contribution is 9.10. The third-order valence-electron chi connectivity index (χ3n) is 6.40. The Morgan fingerprint density at radius 1 is 0.949 bits per heavy atom. The van der Waals surface area contributed by atoms with E-state index in [0.29, 0.717) is 23.1 Å². The maximum Gasteiger partial charge on any atom is 0.264 e. The number of amides is 2. The fourth-order valence-electron chi connectivity index (χ4n) is 4.20. The minimum absolute atomic E-state index is 0.0832. The molecule has 3 aromatic carbocycles. The molecule has 0 bridgehead atoms. The van der Waals surface area contributed by atoms with E-state index >= 15 is 0 Å². The summed E-state index contributed by atoms with van der Waals surface area (Å²) in [5, 5.41) is 2.94. The smallest absolute Gasteiger partial charge is 0.264 e. The molecule has 7 nitrogen and oxygen atoms in total. The summed E-state index contributed by atoms with van der Waals surface area (Å²) in [6, 6.07) is 22.0. The Bertz CT molecular complexity index is 1350. The second kappa shape index (κ2) is 14.3. The van der Waals surface area contributed by atoms with Crippen molar-refractivity contribution < 1.29 is 18.0 Å². The fourth-order valence-corrected chi connectivity index (χ4v) is 6.00. The molecule has 3 rings (SSSR count). The number of unbranched alkanes of at least 4 members (excludes halogenated alkanes) is 1. The van der Waals surface area contributed by atoms with Gasteiger partial charge in [-0.2, -0.15) is 0 Å². The number of aryl methyl sites for hydroxylation is 1. The number of halogens is 1. The van der Waals surface area contributed by atoms with E-state index in [1.165, 1.54) is 17.0 Å². The van der Waals surface area contributed by atoms with Crippen LogP contribution in [0.3, 0.4) is 0 Å². The summed E-state index contributed by atoms with van der Waals surface area (Å²) < 4.78 is 29.6. The molecule has 3 aromatic rings. The number of hydrogen-bond donors (Lipinski definition) is 1. The summed E-state index contributed by atoms with van der Waals surface area (Å²) in [5.41, 5.74) is 2.12. The van der Waals surface area contributed by atoms with Crippen molar-refractivity contribution in [2.45, 2.75) is 57.5 Å². The monoisotopic (exact) mass is 613 g/mol. The summed E-state index contributed by atoms with van der Waals surface area (Å²) in [6.45, 7) is 6.01. The highest BCUT2D eigenvalue weighted by Crippen LogP contribution is 2.27. The zero-order valence-electron chi connectivity index (χ0n) is 22.6. The van der Waals surface area contributed by atoms with Gasteiger partial charge in [0.1, 0.15) is 12.6 Å². The highest BCUT2D eigenvalue weighted by Gasteiger charge is 2.33. The second-order valence-corrected chi connectivity index (χ2v) is 12.2. The molecule has 0 heterocycles. The Balaban J connectivity index is 2.02. The lowest BCUT2D eigenvalue weighted by Crippen LogP contribution is -2.52. The normalized spacial score (nSPS) is 12.0. The molecule has 208 valence electrons. The Hall–Kier alpha value is -3.17. The molecule has 0 aliphatic carbocycles. The predicted molar refractivity (Wildman–Crippen MR) is 159 cm³/mol. The van der Waals surface area contributed by atoms with Crippen LogP contribution in [-0.4, -0.2) is 44.3 Å². The Kier molecular flexibility index (Phi) is 11.1. The first-order valence-corrected chi connectivity index (χ1v) is 15.4. The molecule has 0 fully saturated rings. The number of nitrogens with one attached hydrogen (secondary N) is 1. The lowest BCUT2D eigenvalue weighted by Gasteiger charge is -2.33. The van der Waals surface area contributed by atoms with Crippen LogP contribution >= 0.6 is 15.9 Å². The number of rotatable bonds is 13. The molecule has 0 saturated heterocycles. The Morgan fingerprint density at radius 3 is 2.26 bits per heavy atom. The van der Waals surface area contributed by atoms with Crippen molar-refractivity contribution in [1.29, 1.82) is 0 Å². The van der Waals surface area contributed by atoms with Crippen LogP contribution in [0.2, 0.25) is 0 Å². The van der Waals surface area contributed by atoms with Gasteiger partial charge in [0, 0.05) is 17.6 Å². The Labute approximate surface area is 240 Å². The van der Waals surface area contributed by atoms with E-state index in [0.717, 1.165) is 28.3 Å². The lowest BCUT2D eigenvalue weighted by molar-refractivity contribution is -0.140. The van der Waals surface area contributed by atoms with Crippen molar-refractivity contribution in [2.24, 2.45) is 0 Å². The van der Waals surface area contributed by atoms with Crippen molar-refractivity contribution >= 4 is 43.5 Å². The molecule has 0 radical (unpaired) electrons. The molecule has 0 aliphatic rings. The molecule has 0 aliphatic heterocycles. The van der Waals surface area contributed by atoms with Crippen LogP contribution in [0.4, 0.5) is 5.69 Å². The molecule has 0 unspecified atom stereocenters. The van der Waals surface area contributed by atoms with E-state index in [1.807, 2.05) is 51.1 Å². The van der Waals surface area contributed by atoms with Crippen LogP contribution in [0.5, 0.6) is 0 Å². The molecular weight excluding hydrogens is 578 g/mol. The second-order valence-electron chi connectivity index (χ2n) is 9.38. The van der Waals surface area contributed by atoms with Gasteiger partial charge in [-0.25, -0.2) is 8.42 Å². The van der Waals surface area contributed by atoms with Gasteiger partial charge in [-0.05, 0) is 55.7 Å². The first kappa shape index (κ1) is 30.4. The molecule has 9 heteroatoms. The standard InChI is InChI=1S/C30H36BrN3O4S/c1-4-6-19-32-30(36)28(5-2)33(21-24-11-8-7-9-12-24)29(35)22-34(26-14-10-13-25(31)20-26)39(37,38)27-17-15-23(3)16-18-27/h7-18,20,28H,4-6,19,21-22H2,1-3H3,(H,32,36)/t28-/m0/s1. The molecule has 39 heavy (non-hydrogen) atoms. The summed E-state index contributed by atoms with van der Waals surface area (Å²) in [4.78, 5) is 28.8. The average Bonchev–Trinajstić information content (AvgIpc) is 2.92. The minimum Gasteiger partial charge on any atom is -0.354 e. The van der Waals surface area contributed by atoms with E-state index in [1.54, 1.807) is 36.4 Å². The number of hydrogen-bond acceptors (Lipinski definition) is 4. The number of anilines is 1. The van der Waals surface area contributed by atoms with Crippen molar-refractivity contribution in [3.05, 3.63) is 94.5 Å². The molecule has 0 saturated carbocycles. The first-order chi connectivity index (χ1) is 18.7. The van der Waals surface area contributed by atoms with Gasteiger partial charge < -0.3 is 10.2 Å². The number of nitrogens with zero attached hydrogens (tertiary/aromatic N) is 2. The molecule has 2 amide bonds. The van der Waals surface area contributed by atoms with Gasteiger partial charge in [0.15, 0.2) is 0 Å². The van der Waals surface area contributed by atoms with E-state index in [-0.39, 0.29) is 17.3 Å². The van der Waals surface area contributed by atoms with Crippen molar-refractivity contribution in [3.8, 4) is 0 Å². The average molecular weight is 615 g/mol. The zero-order chi connectivity index (χ0) is 28.4. The predicted octanol–water partition coefficient (Wildman–Crippen LogP) is 5.68. The third-order valence-corrected chi connectivity index (χ3v) is 8.68. The van der Waals surface area contributed by atoms with E-state index in [4.69, 9.17) is 0 Å². The van der Waals surface area contributed by atoms with Gasteiger partial charge in [0.05, 0.1) is 10.6 Å². The maximum absolute atomic E-state index is 14.0. The van der Waals surface area contributed by atoms with Gasteiger partial charge in [-0.3, -0.25) is 13.9 Å². The minimum atomic E-state index is -4.09. The molecular formula is C30H36BrN3O4S. The lowest BCUT2D eigenvalue weighted by atomic mass is 10.1. The summed E-state index contributed by atoms with van der Waals surface area (Å²) >= 11 is 3.42. The highest BCUT2D eigenvalue weighted by atomic mass is 79.9. The van der Waals surface area contributed by atoms with Gasteiger partial charge in [0.2, 0.25) is 11.8 Å². The molecule has 0 aromatic heterocycles. The maximum atomic E-state index is 14.0. The van der Waals surface area contributed by atoms with Crippen LogP contribution in [0.25, 0.3) is 0 Å². The largest absolute Gasteiger partial charge is 0.354 e. The van der Waals surface area contributed by atoms with Crippen LogP contribution < -0.4 is 9.62 Å². The summed E-state index contributed by atoms with van der Waals surface area (Å²) in [6.07, 6.45) is 2.15.